The topological polar surface area (TPSA) is 26.3 Å². The second-order valence-electron chi connectivity index (χ2n) is 6.31. The van der Waals surface area contributed by atoms with E-state index in [2.05, 4.69) is 0 Å². The van der Waals surface area contributed by atoms with Crippen molar-refractivity contribution in [3.8, 4) is 0 Å². The van der Waals surface area contributed by atoms with E-state index in [-0.39, 0.29) is 12.3 Å². The number of ether oxygens (including phenoxy) is 1. The van der Waals surface area contributed by atoms with Gasteiger partial charge in [-0.1, -0.05) is 19.3 Å². The molecule has 2 nitrogen and oxygen atoms in total. The van der Waals surface area contributed by atoms with Crippen molar-refractivity contribution in [1.29, 1.82) is 0 Å². The number of hydrogen-bond acceptors (Lipinski definition) is 2. The number of carbonyl (C=O) groups is 1. The second kappa shape index (κ2) is 5.10. The maximum Gasteiger partial charge on any atom is 0.402 e. The van der Waals surface area contributed by atoms with E-state index < -0.39 is 29.1 Å². The Bertz CT molecular complexity index is 371. The van der Waals surface area contributed by atoms with Crippen LogP contribution >= 0.6 is 0 Å². The number of carbonyl (C=O) groups excluding carboxylic acids is 1. The molecule has 2 saturated carbocycles. The van der Waals surface area contributed by atoms with Crippen molar-refractivity contribution in [3.05, 3.63) is 6.42 Å². The Morgan fingerprint density at radius 3 is 1.86 bits per heavy atom. The summed E-state index contributed by atoms with van der Waals surface area (Å²) in [6, 6.07) is 0. The first-order chi connectivity index (χ1) is 8.06. The molecule has 0 radical (unpaired) electrons. The molecule has 2 rings (SSSR count). The molecule has 2 fully saturated rings. The smallest absolute Gasteiger partial charge is 0.402 e. The van der Waals surface area contributed by atoms with Crippen LogP contribution in [0.15, 0.2) is 0 Å². The summed E-state index contributed by atoms with van der Waals surface area (Å²) in [5, 5.41) is 0. The zero-order chi connectivity index (χ0) is 13.8. The molecule has 0 aromatic rings. The fourth-order valence-electron chi connectivity index (χ4n) is 3.11. The van der Waals surface area contributed by atoms with Crippen molar-refractivity contribution in [1.82, 2.24) is 0 Å². The molecule has 3 unspecified atom stereocenters. The summed E-state index contributed by atoms with van der Waals surface area (Å²) in [5.41, 5.74) is -3.19. The van der Waals surface area contributed by atoms with Crippen LogP contribution < -0.4 is 0 Å². The average molecular weight is 1330 g/mol. The minimum atomic E-state index is -4.54. The third-order valence-corrected chi connectivity index (χ3v) is 3.84. The van der Waals surface area contributed by atoms with Crippen molar-refractivity contribution in [2.45, 2.75) is 51.8 Å². The fraction of sp³-hybridized carbons (Fsp3) is 0.846. The molecular weight excluding hydrogens is 1310 g/mol. The van der Waals surface area contributed by atoms with Crippen molar-refractivity contribution >= 4 is 5.97 Å². The molecule has 3 atom stereocenters. The Morgan fingerprint density at radius 2 is 1.59 bits per heavy atom. The van der Waals surface area contributed by atoms with Crippen LogP contribution in [0.25, 0.3) is 0 Å². The van der Waals surface area contributed by atoms with Crippen LogP contribution in [0.1, 0.15) is 40.0 Å². The third kappa shape index (κ3) is 2.50. The van der Waals surface area contributed by atoms with E-state index in [0.29, 0.717) is 6.42 Å². The average Bonchev–Trinajstić information content (AvgIpc) is 2.71. The minimum Gasteiger partial charge on any atom is -0.459 e. The summed E-state index contributed by atoms with van der Waals surface area (Å²) in [5.74, 6) is -1.91. The Hall–Kier alpha value is -4.74. The Morgan fingerprint density at radius 1 is 1.09 bits per heavy atom. The molecule has 22 heavy (non-hydrogen) atoms. The largest absolute Gasteiger partial charge is 0.459 e. The van der Waals surface area contributed by atoms with Gasteiger partial charge >= 0.3 is 12.1 Å². The second-order valence-corrected chi connectivity index (χ2v) is 6.31. The van der Waals surface area contributed by atoms with E-state index in [4.69, 9.17) is 4.74 Å². The SMILES string of the molecule is CC(C)(C)OC(=O)C1(C(F)(F)F)CC2[CH-]C1CC2.[Rf].[Rf].[Rf].[Rf]. The van der Waals surface area contributed by atoms with Gasteiger partial charge in [-0.05, 0) is 20.8 Å². The van der Waals surface area contributed by atoms with Gasteiger partial charge in [0.05, 0.1) is 0 Å². The van der Waals surface area contributed by atoms with Gasteiger partial charge in [0.15, 0.2) is 0 Å². The molecule has 2 aliphatic rings. The van der Waals surface area contributed by atoms with Gasteiger partial charge in [0, 0.05) is 0 Å². The molecule has 112 valence electrons. The van der Waals surface area contributed by atoms with Gasteiger partial charge in [0.25, 0.3) is 0 Å². The predicted octanol–water partition coefficient (Wildman–Crippen LogP) is 3.51. The monoisotopic (exact) mass is 1330 g/mol. The number of rotatable bonds is 1. The molecule has 0 amide bonds. The first kappa shape index (κ1) is 22.4. The summed E-state index contributed by atoms with van der Waals surface area (Å²) < 4.78 is 45.2. The number of hydrogen-bond donors (Lipinski definition) is 0. The summed E-state index contributed by atoms with van der Waals surface area (Å²) in [6.07, 6.45) is -1.80. The van der Waals surface area contributed by atoms with Gasteiger partial charge in [0.1, 0.15) is 11.0 Å². The first-order valence-corrected chi connectivity index (χ1v) is 6.21. The maximum atomic E-state index is 13.4. The van der Waals surface area contributed by atoms with Crippen molar-refractivity contribution in [2.75, 3.05) is 0 Å². The molecule has 2 bridgehead atoms. The fourth-order valence-corrected chi connectivity index (χ4v) is 3.11. The minimum absolute atomic E-state index is 0. The zero-order valence-corrected chi connectivity index (χ0v) is 39.2. The molecule has 9 heteroatoms. The molecule has 0 aliphatic heterocycles. The van der Waals surface area contributed by atoms with Crippen molar-refractivity contribution < 1.29 is 22.7 Å². The number of esters is 1. The molecular formula is C13H18F3O2Rf4-. The predicted molar refractivity (Wildman–Crippen MR) is 59.5 cm³/mol. The molecule has 0 aromatic carbocycles. The van der Waals surface area contributed by atoms with Crippen LogP contribution in [0, 0.1) is 23.7 Å². The number of alkyl halides is 3. The summed E-state index contributed by atoms with van der Waals surface area (Å²) >= 11 is 0. The quantitative estimate of drug-likeness (QED) is 0.298. The van der Waals surface area contributed by atoms with Crippen LogP contribution in [0.2, 0.25) is 0 Å². The molecule has 0 N–H and O–H groups in total. The van der Waals surface area contributed by atoms with Gasteiger partial charge in [-0.25, -0.2) is 0 Å². The van der Waals surface area contributed by atoms with E-state index in [1.165, 1.54) is 0 Å². The van der Waals surface area contributed by atoms with E-state index in [0.717, 1.165) is 6.42 Å². The zero-order valence-electron chi connectivity index (χ0n) is 13.6. The Kier molecular flexibility index (Phi) is 5.20. The van der Waals surface area contributed by atoms with Crippen LogP contribution in [0.5, 0.6) is 0 Å². The molecule has 2 aliphatic carbocycles. The van der Waals surface area contributed by atoms with Gasteiger partial charge in [0.2, 0.25) is 0 Å². The standard InChI is InChI=1S/C13H18F3O2.4Rf/c1-11(2,3)18-10(17)12(13(14,15)16)7-8-4-5-9(12)6-8;;;;/h6,8-9H,4-5,7H2,1-3H3;;;;/q-1;;;;. The molecule has 0 heterocycles. The van der Waals surface area contributed by atoms with Crippen molar-refractivity contribution in [3.63, 3.8) is 0 Å². The van der Waals surface area contributed by atoms with E-state index in [9.17, 15) is 18.0 Å². The van der Waals surface area contributed by atoms with Gasteiger partial charge < -0.3 is 11.2 Å². The summed E-state index contributed by atoms with van der Waals surface area (Å²) in [6.45, 7) is 4.77. The Balaban J connectivity index is -0.000000902. The van der Waals surface area contributed by atoms with Crippen molar-refractivity contribution in [2.24, 2.45) is 17.3 Å². The summed E-state index contributed by atoms with van der Waals surface area (Å²) in [4.78, 5) is 12.1. The van der Waals surface area contributed by atoms with Crippen LogP contribution in [0.4, 0.5) is 13.2 Å². The van der Waals surface area contributed by atoms with E-state index >= 15 is 0 Å². The van der Waals surface area contributed by atoms with Gasteiger partial charge in [-0.15, -0.1) is 5.92 Å². The summed E-state index contributed by atoms with van der Waals surface area (Å²) in [7, 11) is 0. The van der Waals surface area contributed by atoms with Crippen LogP contribution in [-0.4, -0.2) is 17.7 Å². The van der Waals surface area contributed by atoms with Gasteiger partial charge in [-0.3, -0.25) is 4.79 Å². The van der Waals surface area contributed by atoms with E-state index in [1.807, 2.05) is 0 Å². The Labute approximate surface area is 105 Å². The maximum absolute atomic E-state index is 13.4. The van der Waals surface area contributed by atoms with E-state index in [1.54, 1.807) is 27.2 Å². The molecule has 0 saturated heterocycles. The first-order valence-electron chi connectivity index (χ1n) is 6.21. The van der Waals surface area contributed by atoms with Crippen LogP contribution in [-0.2, 0) is 9.53 Å². The molecule has 0 spiro atoms. The normalized spacial score (nSPS) is 29.4. The number of fused-ring (bicyclic) bond motifs is 2. The number of halogens is 3. The van der Waals surface area contributed by atoms with Gasteiger partial charge in [-0.2, -0.15) is 19.1 Å². The van der Waals surface area contributed by atoms with Crippen LogP contribution in [0.3, 0.4) is 0 Å². The third-order valence-electron chi connectivity index (χ3n) is 3.84. The molecule has 0 aromatic heterocycles.